The Morgan fingerprint density at radius 2 is 2.11 bits per heavy atom. The van der Waals surface area contributed by atoms with Crippen LogP contribution in [0.15, 0.2) is 29.4 Å². The molecule has 3 nitrogen and oxygen atoms in total. The van der Waals surface area contributed by atoms with E-state index in [4.69, 9.17) is 0 Å². The molecule has 1 aromatic carbocycles. The summed E-state index contributed by atoms with van der Waals surface area (Å²) in [5.41, 5.74) is -0.746. The molecule has 1 heterocycles. The Labute approximate surface area is 110 Å². The average Bonchev–Trinajstić information content (AvgIpc) is 2.77. The van der Waals surface area contributed by atoms with Gasteiger partial charge in [-0.15, -0.1) is 11.3 Å². The van der Waals surface area contributed by atoms with E-state index in [1.807, 2.05) is 0 Å². The first-order valence-corrected chi connectivity index (χ1v) is 6.03. The second-order valence-corrected chi connectivity index (χ2v) is 4.69. The van der Waals surface area contributed by atoms with Gasteiger partial charge in [0.15, 0.2) is 0 Å². The van der Waals surface area contributed by atoms with E-state index in [0.717, 1.165) is 23.5 Å². The van der Waals surface area contributed by atoms with Crippen LogP contribution >= 0.6 is 11.3 Å². The normalized spacial score (nSPS) is 12.2. The highest BCUT2D eigenvalue weighted by molar-refractivity contribution is 7.20. The quantitative estimate of drug-likeness (QED) is 0.474. The minimum absolute atomic E-state index is 0.208. The number of alkyl halides is 3. The summed E-state index contributed by atoms with van der Waals surface area (Å²) in [5, 5.41) is 3.68. The van der Waals surface area contributed by atoms with Gasteiger partial charge in [0, 0.05) is 10.9 Å². The molecule has 0 saturated heterocycles. The lowest BCUT2D eigenvalue weighted by atomic mass is 10.1. The molecule has 1 aromatic heterocycles. The number of hydrogen-bond acceptors (Lipinski definition) is 4. The molecule has 0 aliphatic rings. The standard InChI is InChI=1S/C12H8F3NO2S/c1-2-16-18-11(17)10-6-7-5-8(12(13,14)15)3-4-9(7)19-10/h2-6H,1H3. The largest absolute Gasteiger partial charge is 0.416 e. The van der Waals surface area contributed by atoms with Crippen molar-refractivity contribution >= 4 is 33.6 Å². The van der Waals surface area contributed by atoms with Gasteiger partial charge in [0.05, 0.1) is 5.56 Å². The highest BCUT2D eigenvalue weighted by Crippen LogP contribution is 2.34. The van der Waals surface area contributed by atoms with Gasteiger partial charge in [-0.05, 0) is 36.6 Å². The predicted molar refractivity (Wildman–Crippen MR) is 66.4 cm³/mol. The Kier molecular flexibility index (Phi) is 3.57. The lowest BCUT2D eigenvalue weighted by molar-refractivity contribution is -0.137. The van der Waals surface area contributed by atoms with Gasteiger partial charge >= 0.3 is 12.1 Å². The molecule has 2 aromatic rings. The third-order valence-corrected chi connectivity index (χ3v) is 3.38. The Balaban J connectivity index is 2.38. The molecule has 0 atom stereocenters. The fourth-order valence-corrected chi connectivity index (χ4v) is 2.38. The van der Waals surface area contributed by atoms with Crippen LogP contribution in [0.5, 0.6) is 0 Å². The van der Waals surface area contributed by atoms with Gasteiger partial charge in [0.2, 0.25) is 0 Å². The molecule has 0 aliphatic carbocycles. The van der Waals surface area contributed by atoms with Crippen LogP contribution in [0.4, 0.5) is 13.2 Å². The summed E-state index contributed by atoms with van der Waals surface area (Å²) >= 11 is 1.06. The Morgan fingerprint density at radius 1 is 1.37 bits per heavy atom. The maximum absolute atomic E-state index is 12.5. The average molecular weight is 287 g/mol. The number of fused-ring (bicyclic) bond motifs is 1. The number of thiophene rings is 1. The number of oxime groups is 1. The molecule has 19 heavy (non-hydrogen) atoms. The summed E-state index contributed by atoms with van der Waals surface area (Å²) in [7, 11) is 0. The zero-order valence-corrected chi connectivity index (χ0v) is 10.5. The van der Waals surface area contributed by atoms with Crippen molar-refractivity contribution in [3.8, 4) is 0 Å². The van der Waals surface area contributed by atoms with Crippen LogP contribution in [0.1, 0.15) is 22.2 Å². The van der Waals surface area contributed by atoms with Crippen LogP contribution in [0.3, 0.4) is 0 Å². The van der Waals surface area contributed by atoms with E-state index in [9.17, 15) is 18.0 Å². The summed E-state index contributed by atoms with van der Waals surface area (Å²) in [6.45, 7) is 1.58. The van der Waals surface area contributed by atoms with E-state index >= 15 is 0 Å². The van der Waals surface area contributed by atoms with Gasteiger partial charge in [0.25, 0.3) is 0 Å². The zero-order valence-electron chi connectivity index (χ0n) is 9.69. The van der Waals surface area contributed by atoms with Gasteiger partial charge in [-0.1, -0.05) is 5.16 Å². The van der Waals surface area contributed by atoms with Crippen LogP contribution in [0, 0.1) is 0 Å². The minimum atomic E-state index is -4.40. The van der Waals surface area contributed by atoms with E-state index in [2.05, 4.69) is 9.99 Å². The number of carbonyl (C=O) groups is 1. The van der Waals surface area contributed by atoms with Crippen LogP contribution in [0.2, 0.25) is 0 Å². The molecule has 0 radical (unpaired) electrons. The molecule has 0 amide bonds. The van der Waals surface area contributed by atoms with Gasteiger partial charge in [-0.3, -0.25) is 0 Å². The maximum Gasteiger partial charge on any atom is 0.416 e. The van der Waals surface area contributed by atoms with Crippen molar-refractivity contribution in [2.45, 2.75) is 13.1 Å². The second-order valence-electron chi connectivity index (χ2n) is 3.60. The monoisotopic (exact) mass is 287 g/mol. The Hall–Kier alpha value is -1.89. The molecular weight excluding hydrogens is 279 g/mol. The number of nitrogens with zero attached hydrogens (tertiary/aromatic N) is 1. The van der Waals surface area contributed by atoms with Crippen molar-refractivity contribution in [2.75, 3.05) is 0 Å². The summed E-state index contributed by atoms with van der Waals surface area (Å²) in [6, 6.07) is 4.69. The van der Waals surface area contributed by atoms with Crippen molar-refractivity contribution in [3.05, 3.63) is 34.7 Å². The predicted octanol–water partition coefficient (Wildman–Crippen LogP) is 4.08. The molecule has 100 valence electrons. The number of benzene rings is 1. The number of rotatable bonds is 2. The molecule has 0 unspecified atom stereocenters. The molecule has 0 bridgehead atoms. The third-order valence-electron chi connectivity index (χ3n) is 2.29. The maximum atomic E-state index is 12.5. The molecule has 0 aliphatic heterocycles. The van der Waals surface area contributed by atoms with E-state index < -0.39 is 17.7 Å². The molecule has 0 N–H and O–H groups in total. The molecule has 7 heteroatoms. The van der Waals surface area contributed by atoms with Crippen molar-refractivity contribution in [2.24, 2.45) is 5.16 Å². The topological polar surface area (TPSA) is 38.7 Å². The van der Waals surface area contributed by atoms with Gasteiger partial charge in [0.1, 0.15) is 4.88 Å². The zero-order chi connectivity index (χ0) is 14.0. The number of halogens is 3. The van der Waals surface area contributed by atoms with E-state index in [-0.39, 0.29) is 4.88 Å². The van der Waals surface area contributed by atoms with Gasteiger partial charge in [-0.25, -0.2) is 4.79 Å². The van der Waals surface area contributed by atoms with Crippen LogP contribution in [-0.2, 0) is 11.0 Å². The fourth-order valence-electron chi connectivity index (χ4n) is 1.47. The highest BCUT2D eigenvalue weighted by atomic mass is 32.1. The van der Waals surface area contributed by atoms with Crippen molar-refractivity contribution in [1.29, 1.82) is 0 Å². The van der Waals surface area contributed by atoms with Gasteiger partial charge in [-0.2, -0.15) is 13.2 Å². The summed E-state index contributed by atoms with van der Waals surface area (Å²) in [4.78, 5) is 16.2. The van der Waals surface area contributed by atoms with Crippen molar-refractivity contribution in [3.63, 3.8) is 0 Å². The molecule has 0 fully saturated rings. The third kappa shape index (κ3) is 2.93. The smallest absolute Gasteiger partial charge is 0.312 e. The van der Waals surface area contributed by atoms with Crippen LogP contribution in [0.25, 0.3) is 10.1 Å². The van der Waals surface area contributed by atoms with E-state index in [1.165, 1.54) is 18.3 Å². The summed E-state index contributed by atoms with van der Waals surface area (Å²) in [5.74, 6) is -0.687. The lowest BCUT2D eigenvalue weighted by Gasteiger charge is -2.05. The van der Waals surface area contributed by atoms with Gasteiger partial charge < -0.3 is 4.84 Å². The highest BCUT2D eigenvalue weighted by Gasteiger charge is 2.30. The minimum Gasteiger partial charge on any atom is -0.312 e. The first-order chi connectivity index (χ1) is 8.91. The molecule has 2 rings (SSSR count). The first kappa shape index (κ1) is 13.5. The fraction of sp³-hybridized carbons (Fsp3) is 0.167. The number of hydrogen-bond donors (Lipinski definition) is 0. The summed E-state index contributed by atoms with van der Waals surface area (Å²) in [6.07, 6.45) is -3.10. The summed E-state index contributed by atoms with van der Waals surface area (Å²) < 4.78 is 38.2. The van der Waals surface area contributed by atoms with Crippen molar-refractivity contribution in [1.82, 2.24) is 0 Å². The SMILES string of the molecule is CC=NOC(=O)c1cc2cc(C(F)(F)F)ccc2s1. The van der Waals surface area contributed by atoms with E-state index in [0.29, 0.717) is 10.1 Å². The van der Waals surface area contributed by atoms with Crippen molar-refractivity contribution < 1.29 is 22.8 Å². The first-order valence-electron chi connectivity index (χ1n) is 5.22. The van der Waals surface area contributed by atoms with Crippen LogP contribution < -0.4 is 0 Å². The molecular formula is C12H8F3NO2S. The second kappa shape index (κ2) is 5.00. The molecule has 0 spiro atoms. The Bertz CT molecular complexity index is 646. The molecule has 0 saturated carbocycles. The van der Waals surface area contributed by atoms with Crippen LogP contribution in [-0.4, -0.2) is 12.2 Å². The lowest BCUT2D eigenvalue weighted by Crippen LogP contribution is -2.03. The Morgan fingerprint density at radius 3 is 2.74 bits per heavy atom. The van der Waals surface area contributed by atoms with E-state index in [1.54, 1.807) is 6.92 Å². The number of carbonyl (C=O) groups excluding carboxylic acids is 1.